The fraction of sp³-hybridized carbons (Fsp3) is 0.500. The predicted molar refractivity (Wildman–Crippen MR) is 156 cm³/mol. The molecule has 2 aromatic carbocycles. The fourth-order valence-corrected chi connectivity index (χ4v) is 3.55. The lowest BCUT2D eigenvalue weighted by Gasteiger charge is -2.04. The van der Waals surface area contributed by atoms with Crippen LogP contribution in [-0.2, 0) is 37.1 Å². The van der Waals surface area contributed by atoms with Crippen molar-refractivity contribution in [1.82, 2.24) is 0 Å². The summed E-state index contributed by atoms with van der Waals surface area (Å²) in [6, 6.07) is 19.1. The molecule has 0 fully saturated rings. The highest BCUT2D eigenvalue weighted by Gasteiger charge is 2.03. The zero-order chi connectivity index (χ0) is 30.6. The van der Waals surface area contributed by atoms with E-state index < -0.39 is 17.9 Å². The van der Waals surface area contributed by atoms with Crippen molar-refractivity contribution >= 4 is 23.9 Å². The number of carbonyl (C=O) groups is 4. The largest absolute Gasteiger partial charge is 0.481 e. The number of carboxylic acid groups (broad SMARTS) is 3. The Hall–Kier alpha value is -3.72. The molecule has 0 aliphatic rings. The van der Waals surface area contributed by atoms with Crippen LogP contribution < -0.4 is 0 Å². The number of aliphatic carboxylic acids is 3. The van der Waals surface area contributed by atoms with Crippen LogP contribution in [0.1, 0.15) is 101 Å². The first kappa shape index (κ1) is 37.3. The number of unbranched alkanes of at least 4 members (excludes halogenated alkanes) is 8. The minimum Gasteiger partial charge on any atom is -0.481 e. The zero-order valence-corrected chi connectivity index (χ0v) is 23.9. The van der Waals surface area contributed by atoms with Gasteiger partial charge in [-0.15, -0.1) is 0 Å². The smallest absolute Gasteiger partial charge is 0.306 e. The Kier molecular flexibility index (Phi) is 24.1. The summed E-state index contributed by atoms with van der Waals surface area (Å²) in [4.78, 5) is 42.0. The molecule has 0 aliphatic carbocycles. The van der Waals surface area contributed by atoms with Gasteiger partial charge in [-0.25, -0.2) is 0 Å². The number of benzene rings is 2. The van der Waals surface area contributed by atoms with Gasteiger partial charge in [-0.3, -0.25) is 19.2 Å². The quantitative estimate of drug-likeness (QED) is 0.107. The van der Waals surface area contributed by atoms with Crippen LogP contribution in [0.3, 0.4) is 0 Å². The highest BCUT2D eigenvalue weighted by Crippen LogP contribution is 2.09. The topological polar surface area (TPSA) is 158 Å². The number of ether oxygens (including phenoxy) is 1. The van der Waals surface area contributed by atoms with Gasteiger partial charge in [0.25, 0.3) is 0 Å². The van der Waals surface area contributed by atoms with Crippen LogP contribution >= 0.6 is 0 Å². The monoisotopic (exact) mass is 574 g/mol. The van der Waals surface area contributed by atoms with E-state index in [1.807, 2.05) is 60.7 Å². The Labute approximate surface area is 243 Å². The fourth-order valence-electron chi connectivity index (χ4n) is 3.55. The highest BCUT2D eigenvalue weighted by atomic mass is 16.5. The minimum absolute atomic E-state index is 0.140. The Morgan fingerprint density at radius 1 is 0.488 bits per heavy atom. The molecule has 0 bridgehead atoms. The van der Waals surface area contributed by atoms with E-state index in [-0.39, 0.29) is 31.8 Å². The van der Waals surface area contributed by atoms with Gasteiger partial charge in [-0.2, -0.15) is 0 Å². The Balaban J connectivity index is 0.000000649. The first-order valence-corrected chi connectivity index (χ1v) is 14.2. The van der Waals surface area contributed by atoms with Crippen molar-refractivity contribution in [2.45, 2.75) is 103 Å². The zero-order valence-electron chi connectivity index (χ0n) is 23.9. The second-order valence-electron chi connectivity index (χ2n) is 9.51. The summed E-state index contributed by atoms with van der Waals surface area (Å²) in [5.74, 6) is -2.43. The molecule has 0 atom stereocenters. The lowest BCUT2D eigenvalue weighted by atomic mass is 10.1. The standard InChI is InChI=1S/C16H22O4.C9H16O4.C7H8O/c17-15(18)11-7-2-1-3-8-12-16(19)20-13-14-9-5-4-6-10-14;10-8(11)6-4-2-1-3-5-7-9(12)13;8-6-7-4-2-1-3-5-7/h4-6,9-10H,1-3,7-8,11-13H2,(H,17,18);1-7H2,(H,10,11)(H,12,13);1-5,8H,6H2. The van der Waals surface area contributed by atoms with E-state index in [1.54, 1.807) is 0 Å². The number of carbonyl (C=O) groups excluding carboxylic acids is 1. The van der Waals surface area contributed by atoms with Crippen LogP contribution in [0, 0.1) is 0 Å². The molecule has 0 saturated heterocycles. The van der Waals surface area contributed by atoms with Crippen LogP contribution in [0.4, 0.5) is 0 Å². The Morgan fingerprint density at radius 3 is 1.17 bits per heavy atom. The maximum atomic E-state index is 11.5. The first-order chi connectivity index (χ1) is 19.7. The van der Waals surface area contributed by atoms with E-state index in [0.29, 0.717) is 32.3 Å². The third kappa shape index (κ3) is 27.6. The maximum absolute atomic E-state index is 11.5. The van der Waals surface area contributed by atoms with Crippen molar-refractivity contribution in [3.05, 3.63) is 71.8 Å². The van der Waals surface area contributed by atoms with Crippen molar-refractivity contribution in [2.75, 3.05) is 0 Å². The number of rotatable bonds is 19. The number of aliphatic hydroxyl groups excluding tert-OH is 1. The molecule has 0 saturated carbocycles. The molecular formula is C32H46O9. The molecular weight excluding hydrogens is 528 g/mol. The average Bonchev–Trinajstić information content (AvgIpc) is 2.96. The third-order valence-electron chi connectivity index (χ3n) is 5.82. The lowest BCUT2D eigenvalue weighted by Crippen LogP contribution is -2.04. The second-order valence-corrected chi connectivity index (χ2v) is 9.51. The van der Waals surface area contributed by atoms with Gasteiger partial charge >= 0.3 is 23.9 Å². The Bertz CT molecular complexity index is 928. The van der Waals surface area contributed by atoms with Gasteiger partial charge in [0, 0.05) is 25.7 Å². The number of esters is 1. The summed E-state index contributed by atoms with van der Waals surface area (Å²) in [6.07, 6.45) is 9.55. The summed E-state index contributed by atoms with van der Waals surface area (Å²) < 4.78 is 5.17. The molecule has 2 aromatic rings. The van der Waals surface area contributed by atoms with E-state index in [1.165, 1.54) is 0 Å². The molecule has 4 N–H and O–H groups in total. The Morgan fingerprint density at radius 2 is 0.829 bits per heavy atom. The van der Waals surface area contributed by atoms with Gasteiger partial charge in [-0.1, -0.05) is 99.2 Å². The molecule has 0 unspecified atom stereocenters. The van der Waals surface area contributed by atoms with Crippen molar-refractivity contribution in [2.24, 2.45) is 0 Å². The van der Waals surface area contributed by atoms with Crippen LogP contribution in [-0.4, -0.2) is 44.3 Å². The summed E-state index contributed by atoms with van der Waals surface area (Å²) in [5, 5.41) is 33.6. The van der Waals surface area contributed by atoms with Gasteiger partial charge in [0.2, 0.25) is 0 Å². The van der Waals surface area contributed by atoms with Crippen LogP contribution in [0.25, 0.3) is 0 Å². The summed E-state index contributed by atoms with van der Waals surface area (Å²) >= 11 is 0. The molecule has 0 heterocycles. The molecule has 228 valence electrons. The molecule has 0 aromatic heterocycles. The second kappa shape index (κ2) is 26.5. The van der Waals surface area contributed by atoms with Crippen molar-refractivity contribution in [3.63, 3.8) is 0 Å². The molecule has 0 spiro atoms. The van der Waals surface area contributed by atoms with E-state index >= 15 is 0 Å². The number of carboxylic acids is 3. The van der Waals surface area contributed by atoms with Crippen molar-refractivity contribution in [1.29, 1.82) is 0 Å². The van der Waals surface area contributed by atoms with Gasteiger partial charge in [-0.05, 0) is 36.8 Å². The summed E-state index contributed by atoms with van der Waals surface area (Å²) in [5.41, 5.74) is 1.96. The van der Waals surface area contributed by atoms with Crippen LogP contribution in [0.2, 0.25) is 0 Å². The van der Waals surface area contributed by atoms with E-state index in [4.69, 9.17) is 25.2 Å². The molecule has 0 aliphatic heterocycles. The number of hydrogen-bond acceptors (Lipinski definition) is 6. The molecule has 0 amide bonds. The van der Waals surface area contributed by atoms with Crippen molar-refractivity contribution < 1.29 is 44.3 Å². The SMILES string of the molecule is O=C(O)CCCCCCCC(=O)O.O=C(O)CCCCCCCC(=O)OCc1ccccc1.OCc1ccccc1. The maximum Gasteiger partial charge on any atom is 0.306 e. The predicted octanol–water partition coefficient (Wildman–Crippen LogP) is 6.61. The number of hydrogen-bond donors (Lipinski definition) is 4. The molecule has 9 nitrogen and oxygen atoms in total. The van der Waals surface area contributed by atoms with Crippen LogP contribution in [0.15, 0.2) is 60.7 Å². The summed E-state index contributed by atoms with van der Waals surface area (Å²) in [7, 11) is 0. The molecule has 0 radical (unpaired) electrons. The minimum atomic E-state index is -0.759. The molecule has 41 heavy (non-hydrogen) atoms. The van der Waals surface area contributed by atoms with Gasteiger partial charge in [0.05, 0.1) is 6.61 Å². The first-order valence-electron chi connectivity index (χ1n) is 14.2. The van der Waals surface area contributed by atoms with Gasteiger partial charge in [0.1, 0.15) is 6.61 Å². The van der Waals surface area contributed by atoms with Crippen LogP contribution in [0.5, 0.6) is 0 Å². The van der Waals surface area contributed by atoms with Gasteiger partial charge < -0.3 is 25.2 Å². The van der Waals surface area contributed by atoms with Crippen molar-refractivity contribution in [3.8, 4) is 0 Å². The summed E-state index contributed by atoms with van der Waals surface area (Å²) in [6.45, 7) is 0.471. The molecule has 9 heteroatoms. The van der Waals surface area contributed by atoms with E-state index in [9.17, 15) is 19.2 Å². The van der Waals surface area contributed by atoms with E-state index in [2.05, 4.69) is 0 Å². The van der Waals surface area contributed by atoms with Gasteiger partial charge in [0.15, 0.2) is 0 Å². The highest BCUT2D eigenvalue weighted by molar-refractivity contribution is 5.69. The average molecular weight is 575 g/mol. The lowest BCUT2D eigenvalue weighted by molar-refractivity contribution is -0.145. The third-order valence-corrected chi connectivity index (χ3v) is 5.82. The molecule has 2 rings (SSSR count). The van der Waals surface area contributed by atoms with E-state index in [0.717, 1.165) is 56.1 Å². The normalized spacial score (nSPS) is 9.88. The number of aliphatic hydroxyl groups is 1.